The first kappa shape index (κ1) is 13.8. The van der Waals surface area contributed by atoms with Gasteiger partial charge >= 0.3 is 0 Å². The first-order chi connectivity index (χ1) is 10.1. The molecule has 1 aliphatic heterocycles. The Balaban J connectivity index is 2.00. The molecule has 2 aromatic carbocycles. The Labute approximate surface area is 128 Å². The van der Waals surface area contributed by atoms with Crippen LogP contribution in [0.4, 0.5) is 11.4 Å². The van der Waals surface area contributed by atoms with Crippen LogP contribution >= 0.6 is 11.6 Å². The monoisotopic (exact) mass is 302 g/mol. The minimum atomic E-state index is -0.104. The van der Waals surface area contributed by atoms with Crippen molar-refractivity contribution in [3.05, 3.63) is 52.5 Å². The Hall–Kier alpha value is -2.20. The van der Waals surface area contributed by atoms with E-state index >= 15 is 0 Å². The zero-order chi connectivity index (χ0) is 15.0. The number of methoxy groups -OCH3 is 1. The molecule has 0 radical (unpaired) electrons. The van der Waals surface area contributed by atoms with Crippen molar-refractivity contribution >= 4 is 28.9 Å². The van der Waals surface area contributed by atoms with Gasteiger partial charge in [0, 0.05) is 22.9 Å². The van der Waals surface area contributed by atoms with Gasteiger partial charge in [-0.2, -0.15) is 0 Å². The van der Waals surface area contributed by atoms with Gasteiger partial charge in [-0.25, -0.2) is 0 Å². The first-order valence-electron chi connectivity index (χ1n) is 6.64. The predicted octanol–water partition coefficient (Wildman–Crippen LogP) is 3.13. The lowest BCUT2D eigenvalue weighted by Crippen LogP contribution is -2.29. The molecule has 1 amide bonds. The van der Waals surface area contributed by atoms with E-state index < -0.39 is 0 Å². The lowest BCUT2D eigenvalue weighted by atomic mass is 10.1. The number of hydrogen-bond acceptors (Lipinski definition) is 3. The Morgan fingerprint density at radius 2 is 2.10 bits per heavy atom. The van der Waals surface area contributed by atoms with E-state index in [1.807, 2.05) is 18.2 Å². The van der Waals surface area contributed by atoms with Gasteiger partial charge in [0.15, 0.2) is 0 Å². The largest absolute Gasteiger partial charge is 0.496 e. The van der Waals surface area contributed by atoms with Crippen molar-refractivity contribution in [3.8, 4) is 5.75 Å². The van der Waals surface area contributed by atoms with Crippen LogP contribution in [0.5, 0.6) is 5.75 Å². The van der Waals surface area contributed by atoms with Gasteiger partial charge in [-0.1, -0.05) is 17.7 Å². The van der Waals surface area contributed by atoms with E-state index in [2.05, 4.69) is 0 Å². The van der Waals surface area contributed by atoms with E-state index in [-0.39, 0.29) is 5.91 Å². The summed E-state index contributed by atoms with van der Waals surface area (Å²) in [4.78, 5) is 14.5. The summed E-state index contributed by atoms with van der Waals surface area (Å²) in [5, 5.41) is 0.537. The number of amides is 1. The van der Waals surface area contributed by atoms with Crippen LogP contribution in [-0.2, 0) is 6.42 Å². The van der Waals surface area contributed by atoms with Gasteiger partial charge in [0.2, 0.25) is 0 Å². The molecule has 4 nitrogen and oxygen atoms in total. The molecule has 0 aromatic heterocycles. The minimum Gasteiger partial charge on any atom is -0.496 e. The van der Waals surface area contributed by atoms with E-state index in [9.17, 15) is 4.79 Å². The standard InChI is InChI=1S/C16H15ClN2O2/c1-21-15-8-11(17)3-5-13(15)16(20)19-7-6-10-2-4-12(18)9-14(10)19/h2-5,8-9H,6-7,18H2,1H3. The number of fused-ring (bicyclic) bond motifs is 1. The molecule has 21 heavy (non-hydrogen) atoms. The van der Waals surface area contributed by atoms with Crippen LogP contribution in [0.3, 0.4) is 0 Å². The highest BCUT2D eigenvalue weighted by Gasteiger charge is 2.27. The van der Waals surface area contributed by atoms with Crippen LogP contribution in [0.25, 0.3) is 0 Å². The fourth-order valence-corrected chi connectivity index (χ4v) is 2.76. The summed E-state index contributed by atoms with van der Waals surface area (Å²) < 4.78 is 5.26. The fraction of sp³-hybridized carbons (Fsp3) is 0.188. The van der Waals surface area contributed by atoms with Crippen LogP contribution in [0, 0.1) is 0 Å². The highest BCUT2D eigenvalue weighted by molar-refractivity contribution is 6.31. The lowest BCUT2D eigenvalue weighted by Gasteiger charge is -2.19. The molecule has 3 rings (SSSR count). The number of anilines is 2. The van der Waals surface area contributed by atoms with Crippen molar-refractivity contribution in [2.45, 2.75) is 6.42 Å². The van der Waals surface area contributed by atoms with E-state index in [0.29, 0.717) is 28.6 Å². The summed E-state index contributed by atoms with van der Waals surface area (Å²) in [6.45, 7) is 0.642. The molecule has 0 spiro atoms. The van der Waals surface area contributed by atoms with Gasteiger partial charge in [0.25, 0.3) is 5.91 Å². The maximum absolute atomic E-state index is 12.8. The summed E-state index contributed by atoms with van der Waals surface area (Å²) in [5.74, 6) is 0.373. The third-order valence-corrected chi connectivity index (χ3v) is 3.88. The van der Waals surface area contributed by atoms with Crippen LogP contribution < -0.4 is 15.4 Å². The van der Waals surface area contributed by atoms with Crippen LogP contribution in [0.2, 0.25) is 5.02 Å². The lowest BCUT2D eigenvalue weighted by molar-refractivity contribution is 0.0986. The molecule has 0 fully saturated rings. The van der Waals surface area contributed by atoms with Crippen molar-refractivity contribution in [1.29, 1.82) is 0 Å². The Morgan fingerprint density at radius 1 is 1.29 bits per heavy atom. The van der Waals surface area contributed by atoms with E-state index in [0.717, 1.165) is 17.7 Å². The van der Waals surface area contributed by atoms with Crippen molar-refractivity contribution in [2.75, 3.05) is 24.3 Å². The predicted molar refractivity (Wildman–Crippen MR) is 84.2 cm³/mol. The molecule has 0 bridgehead atoms. The summed E-state index contributed by atoms with van der Waals surface area (Å²) >= 11 is 5.94. The Morgan fingerprint density at radius 3 is 2.86 bits per heavy atom. The normalized spacial score (nSPS) is 13.1. The molecule has 0 saturated carbocycles. The minimum absolute atomic E-state index is 0.104. The number of benzene rings is 2. The molecular weight excluding hydrogens is 288 g/mol. The number of halogens is 1. The summed E-state index contributed by atoms with van der Waals surface area (Å²) in [6.07, 6.45) is 0.831. The maximum atomic E-state index is 12.8. The number of carbonyl (C=O) groups is 1. The summed E-state index contributed by atoms with van der Waals surface area (Å²) in [6, 6.07) is 10.7. The number of nitrogens with two attached hydrogens (primary N) is 1. The van der Waals surface area contributed by atoms with Crippen molar-refractivity contribution in [1.82, 2.24) is 0 Å². The van der Waals surface area contributed by atoms with Crippen molar-refractivity contribution in [2.24, 2.45) is 0 Å². The second-order valence-corrected chi connectivity index (χ2v) is 5.38. The smallest absolute Gasteiger partial charge is 0.262 e. The second kappa shape index (κ2) is 5.30. The van der Waals surface area contributed by atoms with E-state index in [4.69, 9.17) is 22.1 Å². The average Bonchev–Trinajstić information content (AvgIpc) is 2.89. The fourth-order valence-electron chi connectivity index (χ4n) is 2.59. The number of ether oxygens (including phenoxy) is 1. The molecule has 2 N–H and O–H groups in total. The van der Waals surface area contributed by atoms with Gasteiger partial charge in [-0.15, -0.1) is 0 Å². The molecule has 1 aliphatic rings. The van der Waals surface area contributed by atoms with Gasteiger partial charge in [-0.05, 0) is 42.3 Å². The topological polar surface area (TPSA) is 55.6 Å². The van der Waals surface area contributed by atoms with Gasteiger partial charge in [0.1, 0.15) is 5.75 Å². The summed E-state index contributed by atoms with van der Waals surface area (Å²) in [5.41, 5.74) is 8.98. The molecule has 0 saturated heterocycles. The third kappa shape index (κ3) is 2.43. The second-order valence-electron chi connectivity index (χ2n) is 4.94. The van der Waals surface area contributed by atoms with Gasteiger partial charge in [0.05, 0.1) is 12.7 Å². The molecular formula is C16H15ClN2O2. The number of rotatable bonds is 2. The number of nitrogens with zero attached hydrogens (tertiary/aromatic N) is 1. The number of nitrogen functional groups attached to an aromatic ring is 1. The SMILES string of the molecule is COc1cc(Cl)ccc1C(=O)N1CCc2ccc(N)cc21. The molecule has 0 aliphatic carbocycles. The highest BCUT2D eigenvalue weighted by atomic mass is 35.5. The van der Waals surface area contributed by atoms with E-state index in [1.165, 1.54) is 7.11 Å². The molecule has 108 valence electrons. The molecule has 0 atom stereocenters. The van der Waals surface area contributed by atoms with Crippen LogP contribution in [0.15, 0.2) is 36.4 Å². The summed E-state index contributed by atoms with van der Waals surface area (Å²) in [7, 11) is 1.53. The quantitative estimate of drug-likeness (QED) is 0.867. The Bertz CT molecular complexity index is 715. The number of carbonyl (C=O) groups excluding carboxylic acids is 1. The first-order valence-corrected chi connectivity index (χ1v) is 7.02. The molecule has 5 heteroatoms. The van der Waals surface area contributed by atoms with Crippen molar-refractivity contribution in [3.63, 3.8) is 0 Å². The Kier molecular flexibility index (Phi) is 3.47. The zero-order valence-corrected chi connectivity index (χ0v) is 12.4. The van der Waals surface area contributed by atoms with Crippen LogP contribution in [0.1, 0.15) is 15.9 Å². The average molecular weight is 303 g/mol. The highest BCUT2D eigenvalue weighted by Crippen LogP contribution is 2.33. The van der Waals surface area contributed by atoms with Gasteiger partial charge in [-0.3, -0.25) is 4.79 Å². The van der Waals surface area contributed by atoms with Crippen LogP contribution in [-0.4, -0.2) is 19.6 Å². The zero-order valence-electron chi connectivity index (χ0n) is 11.6. The van der Waals surface area contributed by atoms with Crippen molar-refractivity contribution < 1.29 is 9.53 Å². The number of hydrogen-bond donors (Lipinski definition) is 1. The molecule has 1 heterocycles. The van der Waals surface area contributed by atoms with Gasteiger partial charge < -0.3 is 15.4 Å². The molecule has 2 aromatic rings. The third-order valence-electron chi connectivity index (χ3n) is 3.64. The maximum Gasteiger partial charge on any atom is 0.262 e. The van der Waals surface area contributed by atoms with E-state index in [1.54, 1.807) is 23.1 Å². The molecule has 0 unspecified atom stereocenters.